The number of nitrogens with zero attached hydrogens (tertiary/aromatic N) is 3. The Hall–Kier alpha value is -1.85. The number of rotatable bonds is 10. The van der Waals surface area contributed by atoms with E-state index in [9.17, 15) is 9.59 Å². The molecule has 214 valence electrons. The molecule has 0 saturated carbocycles. The van der Waals surface area contributed by atoms with Crippen molar-refractivity contribution in [2.75, 3.05) is 37.7 Å². The number of halogens is 3. The van der Waals surface area contributed by atoms with Crippen LogP contribution in [0, 0.1) is 0 Å². The lowest BCUT2D eigenvalue weighted by Crippen LogP contribution is -2.49. The Balaban J connectivity index is 1.48. The number of carbonyl (C=O) groups excluding carboxylic acids is 2. The van der Waals surface area contributed by atoms with Gasteiger partial charge in [0.1, 0.15) is 12.4 Å². The number of nitrogens with one attached hydrogen (secondary N) is 3. The summed E-state index contributed by atoms with van der Waals surface area (Å²) >= 11 is 18.8. The van der Waals surface area contributed by atoms with E-state index in [2.05, 4.69) is 26.1 Å². The highest BCUT2D eigenvalue weighted by Crippen LogP contribution is 2.35. The lowest BCUT2D eigenvalue weighted by Gasteiger charge is -2.29. The first-order valence-electron chi connectivity index (χ1n) is 13.2. The van der Waals surface area contributed by atoms with E-state index in [1.54, 1.807) is 10.4 Å². The van der Waals surface area contributed by atoms with Gasteiger partial charge >= 0.3 is 6.03 Å². The summed E-state index contributed by atoms with van der Waals surface area (Å²) in [6, 6.07) is 7.28. The van der Waals surface area contributed by atoms with Crippen molar-refractivity contribution in [3.8, 4) is 5.75 Å². The molecule has 1 aliphatic carbocycles. The van der Waals surface area contributed by atoms with Crippen LogP contribution in [-0.2, 0) is 4.79 Å². The fourth-order valence-corrected chi connectivity index (χ4v) is 5.66. The largest absolute Gasteiger partial charge is 0.492 e. The van der Waals surface area contributed by atoms with Crippen LogP contribution in [0.4, 0.5) is 10.5 Å². The van der Waals surface area contributed by atoms with Gasteiger partial charge in [0.15, 0.2) is 5.50 Å². The summed E-state index contributed by atoms with van der Waals surface area (Å²) in [5, 5.41) is 9.81. The lowest BCUT2D eigenvalue weighted by atomic mass is 9.95. The molecule has 13 heteroatoms. The number of hydrazone groups is 1. The number of benzene rings is 1. The summed E-state index contributed by atoms with van der Waals surface area (Å²) in [7, 11) is 0. The Bertz CT molecular complexity index is 1070. The third-order valence-corrected chi connectivity index (χ3v) is 8.42. The smallest absolute Gasteiger partial charge is 0.324 e. The minimum atomic E-state index is -2.05. The average Bonchev–Trinajstić information content (AvgIpc) is 3.58. The minimum Gasteiger partial charge on any atom is -0.492 e. The van der Waals surface area contributed by atoms with Gasteiger partial charge in [-0.1, -0.05) is 77.6 Å². The zero-order valence-electron chi connectivity index (χ0n) is 21.9. The summed E-state index contributed by atoms with van der Waals surface area (Å²) in [5.74, 6) is 0.0393. The summed E-state index contributed by atoms with van der Waals surface area (Å²) in [6.07, 6.45) is 7.72. The van der Waals surface area contributed by atoms with Gasteiger partial charge in [0, 0.05) is 24.8 Å². The number of hydrogen-bond donors (Lipinski definition) is 3. The predicted molar refractivity (Wildman–Crippen MR) is 160 cm³/mol. The third-order valence-electron chi connectivity index (χ3n) is 7.18. The highest BCUT2D eigenvalue weighted by molar-refractivity contribution is 8.12. The molecule has 0 spiro atoms. The van der Waals surface area contributed by atoms with Crippen LogP contribution in [0.1, 0.15) is 45.4 Å². The van der Waals surface area contributed by atoms with Crippen molar-refractivity contribution in [1.82, 2.24) is 21.0 Å². The monoisotopic (exact) mass is 616 g/mol. The van der Waals surface area contributed by atoms with Crippen molar-refractivity contribution in [3.63, 3.8) is 0 Å². The molecule has 2 unspecified atom stereocenters. The molecule has 2 heterocycles. The summed E-state index contributed by atoms with van der Waals surface area (Å²) < 4.78 is 4.02. The van der Waals surface area contributed by atoms with E-state index in [-0.39, 0.29) is 11.5 Å². The molecule has 2 atom stereocenters. The van der Waals surface area contributed by atoms with Crippen LogP contribution < -0.4 is 25.7 Å². The van der Waals surface area contributed by atoms with Crippen molar-refractivity contribution in [1.29, 1.82) is 0 Å². The van der Waals surface area contributed by atoms with E-state index in [1.807, 2.05) is 37.3 Å². The van der Waals surface area contributed by atoms with E-state index in [4.69, 9.17) is 39.5 Å². The number of anilines is 1. The van der Waals surface area contributed by atoms with Crippen LogP contribution >= 0.6 is 46.6 Å². The molecule has 1 fully saturated rings. The van der Waals surface area contributed by atoms with Gasteiger partial charge in [0.25, 0.3) is 9.70 Å². The standard InChI is InChI=1S/C26H35Cl3N6O3S/c1-2-25(32-22(36)26(27,28)29)10-9-19(16-25)17-35(24(37)31-23-33-30-18-39-23)20-7-6-8-21(15-20)38-14-13-34-11-4-3-5-12-34/h6-8,15-16,18,23,33H,2-5,9-14,17H2,1H3,(H,31,37)(H,32,36). The minimum absolute atomic E-state index is 0.281. The van der Waals surface area contributed by atoms with E-state index >= 15 is 0 Å². The topological polar surface area (TPSA) is 98.3 Å². The molecule has 0 radical (unpaired) electrons. The SMILES string of the molecule is CCC1(NC(=O)C(Cl)(Cl)Cl)C=C(CN(C(=O)NC2NN=CS2)c2cccc(OCCN3CCCCC3)c2)CC1. The quantitative estimate of drug-likeness (QED) is 0.253. The molecule has 1 aromatic carbocycles. The Kier molecular flexibility index (Phi) is 10.6. The number of piperidine rings is 1. The second kappa shape index (κ2) is 13.7. The molecule has 3 aliphatic rings. The summed E-state index contributed by atoms with van der Waals surface area (Å²) in [5.41, 5.74) is 5.20. The van der Waals surface area contributed by atoms with Crippen molar-refractivity contribution in [2.24, 2.45) is 5.10 Å². The van der Waals surface area contributed by atoms with Crippen molar-refractivity contribution in [3.05, 3.63) is 35.9 Å². The van der Waals surface area contributed by atoms with Crippen LogP contribution in [0.2, 0.25) is 0 Å². The van der Waals surface area contributed by atoms with Gasteiger partial charge in [-0.05, 0) is 57.3 Å². The van der Waals surface area contributed by atoms with Crippen LogP contribution in [0.25, 0.3) is 0 Å². The van der Waals surface area contributed by atoms with Crippen molar-refractivity contribution >= 4 is 69.7 Å². The molecule has 2 aliphatic heterocycles. The van der Waals surface area contributed by atoms with Crippen LogP contribution in [-0.4, -0.2) is 70.0 Å². The third kappa shape index (κ3) is 8.57. The Morgan fingerprint density at radius 3 is 2.77 bits per heavy atom. The van der Waals surface area contributed by atoms with Gasteiger partial charge in [0.2, 0.25) is 0 Å². The zero-order chi connectivity index (χ0) is 27.9. The molecule has 1 saturated heterocycles. The van der Waals surface area contributed by atoms with Crippen LogP contribution in [0.5, 0.6) is 5.75 Å². The zero-order valence-corrected chi connectivity index (χ0v) is 25.0. The fourth-order valence-electron chi connectivity index (χ4n) is 4.98. The maximum absolute atomic E-state index is 13.5. The Labute approximate surface area is 249 Å². The van der Waals surface area contributed by atoms with Gasteiger partial charge in [-0.25, -0.2) is 4.79 Å². The number of alkyl halides is 3. The molecule has 1 aromatic rings. The highest BCUT2D eigenvalue weighted by Gasteiger charge is 2.39. The first-order valence-corrected chi connectivity index (χ1v) is 15.3. The number of urea groups is 1. The Morgan fingerprint density at radius 1 is 1.28 bits per heavy atom. The number of likely N-dealkylation sites (tertiary alicyclic amines) is 1. The molecule has 4 rings (SSSR count). The first-order chi connectivity index (χ1) is 18.7. The normalized spacial score (nSPS) is 23.2. The maximum atomic E-state index is 13.5. The number of thioether (sulfide) groups is 1. The molecule has 39 heavy (non-hydrogen) atoms. The van der Waals surface area contributed by atoms with Crippen LogP contribution in [0.15, 0.2) is 41.0 Å². The van der Waals surface area contributed by atoms with E-state index < -0.39 is 15.2 Å². The number of hydrogen-bond acceptors (Lipinski definition) is 7. The van der Waals surface area contributed by atoms with Gasteiger partial charge < -0.3 is 15.4 Å². The maximum Gasteiger partial charge on any atom is 0.324 e. The molecule has 3 amide bonds. The molecule has 9 nitrogen and oxygen atoms in total. The summed E-state index contributed by atoms with van der Waals surface area (Å²) in [4.78, 5) is 30.0. The molecular formula is C26H35Cl3N6O3S. The first kappa shape index (κ1) is 30.1. The molecular weight excluding hydrogens is 583 g/mol. The highest BCUT2D eigenvalue weighted by atomic mass is 35.6. The second-order valence-electron chi connectivity index (χ2n) is 9.93. The van der Waals surface area contributed by atoms with Crippen LogP contribution in [0.3, 0.4) is 0 Å². The van der Waals surface area contributed by atoms with Gasteiger partial charge in [-0.15, -0.1) is 0 Å². The predicted octanol–water partition coefficient (Wildman–Crippen LogP) is 4.99. The van der Waals surface area contributed by atoms with E-state index in [0.29, 0.717) is 43.9 Å². The lowest BCUT2D eigenvalue weighted by molar-refractivity contribution is -0.121. The molecule has 0 bridgehead atoms. The molecule has 3 N–H and O–H groups in total. The van der Waals surface area contributed by atoms with Crippen molar-refractivity contribution in [2.45, 2.75) is 60.3 Å². The average molecular weight is 618 g/mol. The van der Waals surface area contributed by atoms with Gasteiger partial charge in [-0.2, -0.15) is 5.10 Å². The van der Waals surface area contributed by atoms with Crippen molar-refractivity contribution < 1.29 is 14.3 Å². The Morgan fingerprint density at radius 2 is 2.08 bits per heavy atom. The van der Waals surface area contributed by atoms with Gasteiger partial charge in [-0.3, -0.25) is 20.0 Å². The summed E-state index contributed by atoms with van der Waals surface area (Å²) in [6.45, 7) is 5.99. The second-order valence-corrected chi connectivity index (χ2v) is 13.2. The molecule has 0 aromatic heterocycles. The van der Waals surface area contributed by atoms with E-state index in [1.165, 1.54) is 31.0 Å². The number of carbonyl (C=O) groups is 2. The fraction of sp³-hybridized carbons (Fsp3) is 0.577. The van der Waals surface area contributed by atoms with E-state index in [0.717, 1.165) is 25.2 Å². The number of amides is 3. The number of ether oxygens (including phenoxy) is 1. The van der Waals surface area contributed by atoms with Gasteiger partial charge in [0.05, 0.1) is 11.1 Å².